The molecular weight excluding hydrogens is 336 g/mol. The number of piperidine rings is 1. The molecule has 0 aromatic carbocycles. The van der Waals surface area contributed by atoms with Crippen LogP contribution < -0.4 is 0 Å². The third-order valence-electron chi connectivity index (χ3n) is 5.88. The molecule has 1 saturated carbocycles. The largest absolute Gasteiger partial charge is 0.342 e. The third-order valence-corrected chi connectivity index (χ3v) is 6.63. The van der Waals surface area contributed by atoms with Gasteiger partial charge in [0.15, 0.2) is 0 Å². The van der Waals surface area contributed by atoms with Crippen molar-refractivity contribution in [1.82, 2.24) is 19.4 Å². The maximum Gasteiger partial charge on any atom is 0.267 e. The summed E-state index contributed by atoms with van der Waals surface area (Å²) in [7, 11) is 0. The summed E-state index contributed by atoms with van der Waals surface area (Å²) in [5.74, 6) is 1.03. The lowest BCUT2D eigenvalue weighted by atomic mass is 9.78. The number of likely N-dealkylation sites (tertiary alicyclic amines) is 2. The van der Waals surface area contributed by atoms with Gasteiger partial charge in [-0.1, -0.05) is 17.8 Å². The molecule has 1 spiro atoms. The van der Waals surface area contributed by atoms with E-state index in [0.29, 0.717) is 18.0 Å². The van der Waals surface area contributed by atoms with Crippen LogP contribution in [0.4, 0.5) is 0 Å². The zero-order valence-electron chi connectivity index (χ0n) is 14.9. The van der Waals surface area contributed by atoms with Crippen LogP contribution in [0.15, 0.2) is 0 Å². The highest BCUT2D eigenvalue weighted by Crippen LogP contribution is 2.42. The van der Waals surface area contributed by atoms with Gasteiger partial charge < -0.3 is 9.80 Å². The number of hydrogen-bond acceptors (Lipinski definition) is 5. The summed E-state index contributed by atoms with van der Waals surface area (Å²) in [5.41, 5.74) is 0.468. The van der Waals surface area contributed by atoms with Crippen molar-refractivity contribution in [3.63, 3.8) is 0 Å². The zero-order chi connectivity index (χ0) is 17.4. The van der Waals surface area contributed by atoms with Gasteiger partial charge >= 0.3 is 0 Å². The van der Waals surface area contributed by atoms with Crippen LogP contribution in [0.5, 0.6) is 0 Å². The van der Waals surface area contributed by atoms with E-state index in [1.54, 1.807) is 0 Å². The molecule has 25 heavy (non-hydrogen) atoms. The van der Waals surface area contributed by atoms with Gasteiger partial charge in [0, 0.05) is 26.2 Å². The van der Waals surface area contributed by atoms with Gasteiger partial charge in [-0.05, 0) is 56.0 Å². The standard InChI is InChI=1S/C18H26N4O2S/c1-2-4-14-15(25-20-19-14)16(23)22-10-8-18(12-22)7-3-9-21(17(18)24)11-13-5-6-13/h13H,2-12H2,1H3. The van der Waals surface area contributed by atoms with E-state index < -0.39 is 0 Å². The molecule has 3 fully saturated rings. The molecule has 1 aromatic heterocycles. The molecule has 6 nitrogen and oxygen atoms in total. The molecule has 4 rings (SSSR count). The minimum absolute atomic E-state index is 0.0161. The van der Waals surface area contributed by atoms with Crippen LogP contribution in [0.25, 0.3) is 0 Å². The minimum atomic E-state index is -0.341. The maximum absolute atomic E-state index is 13.1. The van der Waals surface area contributed by atoms with E-state index in [9.17, 15) is 9.59 Å². The first-order chi connectivity index (χ1) is 12.1. The normalized spacial score (nSPS) is 26.7. The second-order valence-corrected chi connectivity index (χ2v) is 8.61. The van der Waals surface area contributed by atoms with E-state index in [0.717, 1.165) is 56.8 Å². The van der Waals surface area contributed by atoms with Crippen molar-refractivity contribution in [2.75, 3.05) is 26.2 Å². The van der Waals surface area contributed by atoms with Crippen molar-refractivity contribution in [1.29, 1.82) is 0 Å². The Morgan fingerprint density at radius 3 is 2.92 bits per heavy atom. The maximum atomic E-state index is 13.1. The predicted molar refractivity (Wildman–Crippen MR) is 95.4 cm³/mol. The van der Waals surface area contributed by atoms with E-state index in [1.807, 2.05) is 4.90 Å². The number of amides is 2. The molecule has 2 saturated heterocycles. The van der Waals surface area contributed by atoms with Crippen molar-refractivity contribution < 1.29 is 9.59 Å². The SMILES string of the molecule is CCCc1nnsc1C(=O)N1CCC2(CCCN(CC3CC3)C2=O)C1. The Morgan fingerprint density at radius 2 is 2.16 bits per heavy atom. The van der Waals surface area contributed by atoms with E-state index in [-0.39, 0.29) is 17.2 Å². The van der Waals surface area contributed by atoms with Gasteiger partial charge in [-0.3, -0.25) is 9.59 Å². The molecule has 1 aromatic rings. The summed E-state index contributed by atoms with van der Waals surface area (Å²) >= 11 is 1.19. The number of hydrogen-bond donors (Lipinski definition) is 0. The first-order valence-electron chi connectivity index (χ1n) is 9.53. The Balaban J connectivity index is 1.47. The Hall–Kier alpha value is -1.50. The molecule has 2 aliphatic heterocycles. The number of rotatable bonds is 5. The Morgan fingerprint density at radius 1 is 1.32 bits per heavy atom. The van der Waals surface area contributed by atoms with Gasteiger partial charge in [-0.15, -0.1) is 5.10 Å². The van der Waals surface area contributed by atoms with E-state index >= 15 is 0 Å². The van der Waals surface area contributed by atoms with E-state index in [4.69, 9.17) is 0 Å². The fourth-order valence-corrected chi connectivity index (χ4v) is 4.95. The summed E-state index contributed by atoms with van der Waals surface area (Å²) in [4.78, 5) is 30.6. The second-order valence-electron chi connectivity index (χ2n) is 7.85. The average Bonchev–Trinajstić information content (AvgIpc) is 3.14. The molecule has 0 N–H and O–H groups in total. The lowest BCUT2D eigenvalue weighted by Crippen LogP contribution is -2.50. The molecule has 3 heterocycles. The van der Waals surface area contributed by atoms with E-state index in [2.05, 4.69) is 21.4 Å². The molecule has 0 radical (unpaired) electrons. The highest BCUT2D eigenvalue weighted by atomic mass is 32.1. The van der Waals surface area contributed by atoms with Crippen molar-refractivity contribution in [2.45, 2.75) is 51.9 Å². The molecular formula is C18H26N4O2S. The zero-order valence-corrected chi connectivity index (χ0v) is 15.7. The first kappa shape index (κ1) is 16.9. The van der Waals surface area contributed by atoms with E-state index in [1.165, 1.54) is 24.4 Å². The molecule has 0 bridgehead atoms. The fourth-order valence-electron chi connectivity index (χ4n) is 4.28. The fraction of sp³-hybridized carbons (Fsp3) is 0.778. The average molecular weight is 362 g/mol. The molecule has 2 amide bonds. The number of carbonyl (C=O) groups excluding carboxylic acids is 2. The van der Waals surface area contributed by atoms with Crippen molar-refractivity contribution in [3.8, 4) is 0 Å². The van der Waals surface area contributed by atoms with Crippen LogP contribution in [0.1, 0.15) is 60.8 Å². The van der Waals surface area contributed by atoms with Crippen LogP contribution in [0, 0.1) is 11.3 Å². The van der Waals surface area contributed by atoms with Gasteiger partial charge in [0.25, 0.3) is 5.91 Å². The number of aryl methyl sites for hydroxylation is 1. The molecule has 1 unspecified atom stereocenters. The van der Waals surface area contributed by atoms with Crippen LogP contribution in [-0.4, -0.2) is 57.4 Å². The third kappa shape index (κ3) is 3.18. The molecule has 1 aliphatic carbocycles. The van der Waals surface area contributed by atoms with Crippen LogP contribution in [0.3, 0.4) is 0 Å². The van der Waals surface area contributed by atoms with Gasteiger partial charge in [-0.25, -0.2) is 0 Å². The number of carbonyl (C=O) groups is 2. The topological polar surface area (TPSA) is 66.4 Å². The lowest BCUT2D eigenvalue weighted by Gasteiger charge is -2.39. The summed E-state index contributed by atoms with van der Waals surface area (Å²) in [6, 6.07) is 0. The summed E-state index contributed by atoms with van der Waals surface area (Å²) in [6.45, 7) is 5.13. The van der Waals surface area contributed by atoms with Crippen LogP contribution in [-0.2, 0) is 11.2 Å². The Bertz CT molecular complexity index is 672. The number of aromatic nitrogens is 2. The number of nitrogens with zero attached hydrogens (tertiary/aromatic N) is 4. The van der Waals surface area contributed by atoms with Crippen molar-refractivity contribution in [3.05, 3.63) is 10.6 Å². The highest BCUT2D eigenvalue weighted by Gasteiger charge is 2.50. The second kappa shape index (κ2) is 6.67. The van der Waals surface area contributed by atoms with Crippen LogP contribution >= 0.6 is 11.5 Å². The van der Waals surface area contributed by atoms with Crippen molar-refractivity contribution >= 4 is 23.3 Å². The lowest BCUT2D eigenvalue weighted by molar-refractivity contribution is -0.145. The van der Waals surface area contributed by atoms with Gasteiger partial charge in [0.05, 0.1) is 11.1 Å². The summed E-state index contributed by atoms with van der Waals surface area (Å²) in [5, 5.41) is 4.11. The smallest absolute Gasteiger partial charge is 0.267 e. The Labute approximate surface area is 152 Å². The van der Waals surface area contributed by atoms with Crippen molar-refractivity contribution in [2.24, 2.45) is 11.3 Å². The minimum Gasteiger partial charge on any atom is -0.342 e. The van der Waals surface area contributed by atoms with Gasteiger partial charge in [0.2, 0.25) is 5.91 Å². The molecule has 3 aliphatic rings. The molecule has 1 atom stereocenters. The highest BCUT2D eigenvalue weighted by molar-refractivity contribution is 7.08. The summed E-state index contributed by atoms with van der Waals surface area (Å²) < 4.78 is 3.97. The monoisotopic (exact) mass is 362 g/mol. The molecule has 7 heteroatoms. The first-order valence-corrected chi connectivity index (χ1v) is 10.3. The van der Waals surface area contributed by atoms with Gasteiger partial charge in [-0.2, -0.15) is 0 Å². The van der Waals surface area contributed by atoms with Gasteiger partial charge in [0.1, 0.15) is 4.88 Å². The quantitative estimate of drug-likeness (QED) is 0.806. The predicted octanol–water partition coefficient (Wildman–Crippen LogP) is 2.36. The molecule has 136 valence electrons. The Kier molecular flexibility index (Phi) is 4.52. The van der Waals surface area contributed by atoms with Crippen LogP contribution in [0.2, 0.25) is 0 Å². The summed E-state index contributed by atoms with van der Waals surface area (Å²) in [6.07, 6.45) is 7.03.